The molecule has 3 N–H and O–H groups in total. The van der Waals surface area contributed by atoms with E-state index in [9.17, 15) is 4.79 Å². The number of carbonyl (C=O) groups is 1. The summed E-state index contributed by atoms with van der Waals surface area (Å²) in [5.41, 5.74) is 6.90. The van der Waals surface area contributed by atoms with Gasteiger partial charge >= 0.3 is 0 Å². The predicted molar refractivity (Wildman–Crippen MR) is 103 cm³/mol. The molecule has 0 spiro atoms. The molecule has 140 valence electrons. The molecule has 1 saturated heterocycles. The standard InChI is InChI=1S/C17H21N3O4S2/c1-22-10-5-6-12(13(8-10)23-2)20-15(18)14(26-17(20)25)16(21)19-9-11-4-3-7-24-11/h5-6,8,11H,3-4,7,9,18H2,1-2H3,(H,19,21)/t11-/m0/s1. The molecule has 1 aromatic carbocycles. The van der Waals surface area contributed by atoms with E-state index in [1.54, 1.807) is 37.0 Å². The Morgan fingerprint density at radius 1 is 1.46 bits per heavy atom. The molecule has 1 atom stereocenters. The molecule has 0 saturated carbocycles. The molecule has 0 bridgehead atoms. The van der Waals surface area contributed by atoms with Crippen LogP contribution in [0.4, 0.5) is 5.82 Å². The number of carbonyl (C=O) groups excluding carboxylic acids is 1. The van der Waals surface area contributed by atoms with Crippen LogP contribution in [0.25, 0.3) is 5.69 Å². The van der Waals surface area contributed by atoms with Gasteiger partial charge in [-0.1, -0.05) is 11.3 Å². The average Bonchev–Trinajstić information content (AvgIpc) is 3.27. The van der Waals surface area contributed by atoms with Crippen molar-refractivity contribution in [3.8, 4) is 17.2 Å². The van der Waals surface area contributed by atoms with Gasteiger partial charge in [-0.3, -0.25) is 9.36 Å². The van der Waals surface area contributed by atoms with Gasteiger partial charge in [0.1, 0.15) is 22.2 Å². The normalized spacial score (nSPS) is 16.5. The van der Waals surface area contributed by atoms with Crippen LogP contribution < -0.4 is 20.5 Å². The van der Waals surface area contributed by atoms with E-state index in [2.05, 4.69) is 5.32 Å². The summed E-state index contributed by atoms with van der Waals surface area (Å²) in [5, 5.41) is 2.88. The van der Waals surface area contributed by atoms with Crippen molar-refractivity contribution in [2.45, 2.75) is 18.9 Å². The largest absolute Gasteiger partial charge is 0.497 e. The summed E-state index contributed by atoms with van der Waals surface area (Å²) < 4.78 is 18.3. The number of nitrogen functional groups attached to an aromatic ring is 1. The van der Waals surface area contributed by atoms with Crippen LogP contribution >= 0.6 is 23.6 Å². The van der Waals surface area contributed by atoms with Gasteiger partial charge in [-0.2, -0.15) is 0 Å². The van der Waals surface area contributed by atoms with Crippen molar-refractivity contribution in [2.75, 3.05) is 33.1 Å². The minimum absolute atomic E-state index is 0.0666. The third kappa shape index (κ3) is 3.69. The lowest BCUT2D eigenvalue weighted by Gasteiger charge is -2.13. The molecule has 2 heterocycles. The van der Waals surface area contributed by atoms with E-state index in [1.807, 2.05) is 0 Å². The Labute approximate surface area is 160 Å². The van der Waals surface area contributed by atoms with Gasteiger partial charge < -0.3 is 25.3 Å². The van der Waals surface area contributed by atoms with Crippen LogP contribution in [0.5, 0.6) is 11.5 Å². The highest BCUT2D eigenvalue weighted by Crippen LogP contribution is 2.33. The van der Waals surface area contributed by atoms with E-state index in [4.69, 9.17) is 32.2 Å². The molecular formula is C17H21N3O4S2. The Hall–Kier alpha value is -2.10. The number of hydrogen-bond acceptors (Lipinski definition) is 7. The first-order chi connectivity index (χ1) is 12.5. The number of anilines is 1. The second-order valence-corrected chi connectivity index (χ2v) is 7.44. The topological polar surface area (TPSA) is 87.7 Å². The van der Waals surface area contributed by atoms with Crippen LogP contribution in [-0.2, 0) is 4.74 Å². The Morgan fingerprint density at radius 3 is 2.92 bits per heavy atom. The molecule has 3 rings (SSSR count). The van der Waals surface area contributed by atoms with Gasteiger partial charge in [0.2, 0.25) is 0 Å². The van der Waals surface area contributed by atoms with Gasteiger partial charge in [-0.15, -0.1) is 0 Å². The maximum Gasteiger partial charge on any atom is 0.265 e. The molecular weight excluding hydrogens is 374 g/mol. The second kappa shape index (κ2) is 8.07. The van der Waals surface area contributed by atoms with Crippen molar-refractivity contribution in [2.24, 2.45) is 0 Å². The quantitative estimate of drug-likeness (QED) is 0.732. The van der Waals surface area contributed by atoms with Gasteiger partial charge in [0.15, 0.2) is 3.95 Å². The number of hydrogen-bond donors (Lipinski definition) is 2. The molecule has 1 amide bonds. The van der Waals surface area contributed by atoms with Crippen molar-refractivity contribution in [3.63, 3.8) is 0 Å². The van der Waals surface area contributed by atoms with Crippen molar-refractivity contribution in [1.29, 1.82) is 0 Å². The highest BCUT2D eigenvalue weighted by Gasteiger charge is 2.22. The maximum absolute atomic E-state index is 12.5. The first-order valence-corrected chi connectivity index (χ1v) is 9.41. The smallest absolute Gasteiger partial charge is 0.265 e. The van der Waals surface area contributed by atoms with Crippen LogP contribution in [0.1, 0.15) is 22.5 Å². The average molecular weight is 396 g/mol. The summed E-state index contributed by atoms with van der Waals surface area (Å²) in [4.78, 5) is 12.9. The summed E-state index contributed by atoms with van der Waals surface area (Å²) in [6, 6.07) is 5.32. The number of aromatic nitrogens is 1. The number of ether oxygens (including phenoxy) is 3. The van der Waals surface area contributed by atoms with E-state index < -0.39 is 0 Å². The van der Waals surface area contributed by atoms with E-state index in [-0.39, 0.29) is 17.8 Å². The lowest BCUT2D eigenvalue weighted by molar-refractivity contribution is 0.0861. The lowest BCUT2D eigenvalue weighted by Crippen LogP contribution is -2.31. The number of methoxy groups -OCH3 is 2. The van der Waals surface area contributed by atoms with E-state index >= 15 is 0 Å². The third-order valence-corrected chi connectivity index (χ3v) is 5.58. The fourth-order valence-electron chi connectivity index (χ4n) is 2.84. The van der Waals surface area contributed by atoms with Gasteiger partial charge in [0, 0.05) is 19.2 Å². The number of nitrogens with zero attached hydrogens (tertiary/aromatic N) is 1. The predicted octanol–water partition coefficient (Wildman–Crippen LogP) is 2.78. The van der Waals surface area contributed by atoms with Crippen molar-refractivity contribution in [3.05, 3.63) is 27.0 Å². The van der Waals surface area contributed by atoms with Crippen LogP contribution in [0.15, 0.2) is 18.2 Å². The molecule has 0 radical (unpaired) electrons. The van der Waals surface area contributed by atoms with Crippen molar-refractivity contribution >= 4 is 35.3 Å². The summed E-state index contributed by atoms with van der Waals surface area (Å²) in [6.07, 6.45) is 2.04. The number of amides is 1. The Bertz CT molecular complexity index is 856. The number of nitrogens with two attached hydrogens (primary N) is 1. The molecule has 1 aliphatic rings. The minimum atomic E-state index is -0.250. The minimum Gasteiger partial charge on any atom is -0.497 e. The lowest BCUT2D eigenvalue weighted by atomic mass is 10.2. The SMILES string of the molecule is COc1ccc(-n2c(N)c(C(=O)NC[C@@H]3CCCO3)sc2=S)c(OC)c1. The van der Waals surface area contributed by atoms with Gasteiger partial charge in [0.05, 0.1) is 26.0 Å². The van der Waals surface area contributed by atoms with Crippen LogP contribution in [0.2, 0.25) is 0 Å². The highest BCUT2D eigenvalue weighted by molar-refractivity contribution is 7.73. The summed E-state index contributed by atoms with van der Waals surface area (Å²) in [6.45, 7) is 1.21. The van der Waals surface area contributed by atoms with E-state index in [1.165, 1.54) is 11.3 Å². The fraction of sp³-hybridized carbons (Fsp3) is 0.412. The zero-order chi connectivity index (χ0) is 18.7. The summed E-state index contributed by atoms with van der Waals surface area (Å²) in [7, 11) is 3.13. The molecule has 0 aliphatic carbocycles. The molecule has 0 unspecified atom stereocenters. The molecule has 26 heavy (non-hydrogen) atoms. The number of nitrogens with one attached hydrogen (secondary N) is 1. The fourth-order valence-corrected chi connectivity index (χ4v) is 4.11. The maximum atomic E-state index is 12.5. The van der Waals surface area contributed by atoms with Crippen LogP contribution in [-0.4, -0.2) is 43.9 Å². The molecule has 7 nitrogen and oxygen atoms in total. The molecule has 2 aromatic rings. The zero-order valence-electron chi connectivity index (χ0n) is 14.6. The number of rotatable bonds is 6. The van der Waals surface area contributed by atoms with E-state index in [0.717, 1.165) is 19.4 Å². The van der Waals surface area contributed by atoms with Crippen molar-refractivity contribution < 1.29 is 19.0 Å². The molecule has 1 aromatic heterocycles. The van der Waals surface area contributed by atoms with E-state index in [0.29, 0.717) is 32.6 Å². The van der Waals surface area contributed by atoms with Gasteiger partial charge in [0.25, 0.3) is 5.91 Å². The zero-order valence-corrected chi connectivity index (χ0v) is 16.2. The summed E-state index contributed by atoms with van der Waals surface area (Å²) in [5.74, 6) is 1.24. The van der Waals surface area contributed by atoms with Gasteiger partial charge in [-0.05, 0) is 37.2 Å². The van der Waals surface area contributed by atoms with Crippen molar-refractivity contribution in [1.82, 2.24) is 9.88 Å². The molecule has 1 aliphatic heterocycles. The molecule has 9 heteroatoms. The van der Waals surface area contributed by atoms with Crippen LogP contribution in [0, 0.1) is 3.95 Å². The first kappa shape index (κ1) is 18.7. The highest BCUT2D eigenvalue weighted by atomic mass is 32.1. The second-order valence-electron chi connectivity index (χ2n) is 5.80. The monoisotopic (exact) mass is 395 g/mol. The Balaban J connectivity index is 1.88. The third-order valence-electron chi connectivity index (χ3n) is 4.19. The number of benzene rings is 1. The summed E-state index contributed by atoms with van der Waals surface area (Å²) >= 11 is 6.60. The molecule has 1 fully saturated rings. The number of thiazole rings is 1. The van der Waals surface area contributed by atoms with Gasteiger partial charge in [-0.25, -0.2) is 0 Å². The first-order valence-electron chi connectivity index (χ1n) is 8.18. The Kier molecular flexibility index (Phi) is 5.80. The Morgan fingerprint density at radius 2 is 2.27 bits per heavy atom. The van der Waals surface area contributed by atoms with Crippen LogP contribution in [0.3, 0.4) is 0 Å².